The number of nitrogens with zero attached hydrogens (tertiary/aromatic N) is 4. The molecule has 2 atom stereocenters. The number of carbonyl (C=O) groups is 1. The summed E-state index contributed by atoms with van der Waals surface area (Å²) in [4.78, 5) is 19.6. The van der Waals surface area contributed by atoms with E-state index in [1.165, 1.54) is 18.2 Å². The van der Waals surface area contributed by atoms with Gasteiger partial charge >= 0.3 is 0 Å². The van der Waals surface area contributed by atoms with Crippen molar-refractivity contribution in [3.8, 4) is 0 Å². The maximum Gasteiger partial charge on any atom is 0.256 e. The molecule has 1 fully saturated rings. The highest BCUT2D eigenvalue weighted by atomic mass is 35.5. The molecule has 1 N–H and O–H groups in total. The molecule has 1 aromatic heterocycles. The van der Waals surface area contributed by atoms with Crippen LogP contribution in [-0.4, -0.2) is 41.1 Å². The predicted octanol–water partition coefficient (Wildman–Crippen LogP) is 5.76. The quantitative estimate of drug-likeness (QED) is 0.402. The number of rotatable bonds is 5. The molecule has 2 heterocycles. The molecule has 0 saturated carbocycles. The third kappa shape index (κ3) is 4.49. The van der Waals surface area contributed by atoms with Gasteiger partial charge in [-0.3, -0.25) is 4.79 Å². The molecule has 1 aliphatic rings. The number of fused-ring (bicyclic) bond motifs is 1. The van der Waals surface area contributed by atoms with Gasteiger partial charge in [0.15, 0.2) is 11.5 Å². The molecule has 3 aromatic rings. The van der Waals surface area contributed by atoms with Crippen LogP contribution >= 0.6 is 11.6 Å². The van der Waals surface area contributed by atoms with E-state index in [4.69, 9.17) is 21.4 Å². The second kappa shape index (κ2) is 8.93. The highest BCUT2D eigenvalue weighted by molar-refractivity contribution is 6.31. The summed E-state index contributed by atoms with van der Waals surface area (Å²) in [6.07, 6.45) is 2.68. The molecule has 9 heteroatoms. The molecule has 2 aromatic carbocycles. The summed E-state index contributed by atoms with van der Waals surface area (Å²) in [7, 11) is 0. The SMILES string of the molecule is C[C@@H]1CCC(c2nc3cc(Cl)ccc3o2)CN1C(=O)c1cc(F)ccc1N=NCC=N. The normalized spacial score (nSPS) is 19.3. The standard InChI is InChI=1S/C22H21ClFN5O2/c1-13-2-3-14(21-27-19-10-15(23)4-7-20(19)31-21)12-29(13)22(30)17-11-16(24)5-6-18(17)28-26-9-8-25/h4-8,10-11,13-14,25H,2-3,9,12H2,1H3/t13-,14?/m1/s1. The van der Waals surface area contributed by atoms with Crippen LogP contribution in [0.15, 0.2) is 51.0 Å². The predicted molar refractivity (Wildman–Crippen MR) is 116 cm³/mol. The van der Waals surface area contributed by atoms with Crippen LogP contribution in [0.25, 0.3) is 11.1 Å². The van der Waals surface area contributed by atoms with Crippen LogP contribution in [0, 0.1) is 11.2 Å². The van der Waals surface area contributed by atoms with Crippen molar-refractivity contribution in [3.05, 3.63) is 58.7 Å². The van der Waals surface area contributed by atoms with Gasteiger partial charge < -0.3 is 14.7 Å². The Hall–Kier alpha value is -3.13. The van der Waals surface area contributed by atoms with E-state index in [9.17, 15) is 9.18 Å². The molecule has 4 rings (SSSR count). The maximum absolute atomic E-state index is 13.9. The molecule has 1 unspecified atom stereocenters. The van der Waals surface area contributed by atoms with E-state index < -0.39 is 5.82 Å². The fourth-order valence-corrected chi connectivity index (χ4v) is 3.93. The number of benzene rings is 2. The third-order valence-corrected chi connectivity index (χ3v) is 5.63. The van der Waals surface area contributed by atoms with Crippen LogP contribution in [0.4, 0.5) is 10.1 Å². The smallest absolute Gasteiger partial charge is 0.256 e. The van der Waals surface area contributed by atoms with Crippen molar-refractivity contribution in [2.45, 2.75) is 31.7 Å². The number of hydrogen-bond donors (Lipinski definition) is 1. The van der Waals surface area contributed by atoms with Crippen molar-refractivity contribution in [2.24, 2.45) is 10.2 Å². The first-order chi connectivity index (χ1) is 15.0. The number of carbonyl (C=O) groups excluding carboxylic acids is 1. The second-order valence-corrected chi connectivity index (χ2v) is 7.97. The Bertz CT molecular complexity index is 1160. The van der Waals surface area contributed by atoms with Crippen molar-refractivity contribution < 1.29 is 13.6 Å². The third-order valence-electron chi connectivity index (χ3n) is 5.40. The Labute approximate surface area is 183 Å². The molecule has 7 nitrogen and oxygen atoms in total. The zero-order chi connectivity index (χ0) is 22.0. The van der Waals surface area contributed by atoms with Gasteiger partial charge in [-0.1, -0.05) is 11.6 Å². The summed E-state index contributed by atoms with van der Waals surface area (Å²) in [6, 6.07) is 9.08. The molecule has 0 bridgehead atoms. The van der Waals surface area contributed by atoms with Gasteiger partial charge in [0.25, 0.3) is 5.91 Å². The average Bonchev–Trinajstić information content (AvgIpc) is 3.18. The largest absolute Gasteiger partial charge is 0.440 e. The summed E-state index contributed by atoms with van der Waals surface area (Å²) < 4.78 is 19.9. The number of nitrogens with one attached hydrogen (secondary N) is 1. The molecule has 160 valence electrons. The molecule has 1 saturated heterocycles. The Morgan fingerprint density at radius 2 is 2.19 bits per heavy atom. The molecular formula is C22H21ClFN5O2. The summed E-state index contributed by atoms with van der Waals surface area (Å²) in [5.41, 5.74) is 1.75. The lowest BCUT2D eigenvalue weighted by Gasteiger charge is -2.37. The number of likely N-dealkylation sites (tertiary alicyclic amines) is 1. The van der Waals surface area contributed by atoms with Crippen molar-refractivity contribution in [2.75, 3.05) is 13.1 Å². The van der Waals surface area contributed by atoms with Crippen molar-refractivity contribution in [1.29, 1.82) is 5.41 Å². The fourth-order valence-electron chi connectivity index (χ4n) is 3.76. The minimum atomic E-state index is -0.522. The van der Waals surface area contributed by atoms with Gasteiger partial charge in [-0.05, 0) is 56.2 Å². The fraction of sp³-hybridized carbons (Fsp3) is 0.318. The van der Waals surface area contributed by atoms with Crippen LogP contribution in [0.5, 0.6) is 0 Å². The monoisotopic (exact) mass is 441 g/mol. The highest BCUT2D eigenvalue weighted by Gasteiger charge is 2.33. The van der Waals surface area contributed by atoms with Gasteiger partial charge in [-0.15, -0.1) is 0 Å². The Kier molecular flexibility index (Phi) is 6.08. The van der Waals surface area contributed by atoms with Gasteiger partial charge in [0.2, 0.25) is 0 Å². The second-order valence-electron chi connectivity index (χ2n) is 7.53. The Morgan fingerprint density at radius 3 is 3.00 bits per heavy atom. The number of halogens is 2. The number of azo groups is 1. The number of oxazole rings is 1. The van der Waals surface area contributed by atoms with Crippen LogP contribution in [0.2, 0.25) is 5.02 Å². The number of hydrogen-bond acceptors (Lipinski definition) is 6. The molecule has 0 spiro atoms. The van der Waals surface area contributed by atoms with Crippen molar-refractivity contribution in [3.63, 3.8) is 0 Å². The van der Waals surface area contributed by atoms with Gasteiger partial charge in [0.1, 0.15) is 11.3 Å². The van der Waals surface area contributed by atoms with Gasteiger partial charge in [-0.2, -0.15) is 10.2 Å². The van der Waals surface area contributed by atoms with E-state index in [0.29, 0.717) is 28.6 Å². The van der Waals surface area contributed by atoms with Crippen LogP contribution in [0.3, 0.4) is 0 Å². The van der Waals surface area contributed by atoms with E-state index in [-0.39, 0.29) is 35.7 Å². The zero-order valence-electron chi connectivity index (χ0n) is 16.9. The molecule has 1 amide bonds. The summed E-state index contributed by atoms with van der Waals surface area (Å²) in [5.74, 6) is -0.360. The van der Waals surface area contributed by atoms with Gasteiger partial charge in [0.05, 0.1) is 23.7 Å². The minimum Gasteiger partial charge on any atom is -0.440 e. The number of piperidine rings is 1. The molecule has 1 aliphatic heterocycles. The van der Waals surface area contributed by atoms with Crippen LogP contribution < -0.4 is 0 Å². The maximum atomic E-state index is 13.9. The van der Waals surface area contributed by atoms with E-state index in [1.807, 2.05) is 6.92 Å². The highest BCUT2D eigenvalue weighted by Crippen LogP contribution is 2.34. The first-order valence-electron chi connectivity index (χ1n) is 9.99. The van der Waals surface area contributed by atoms with Crippen molar-refractivity contribution in [1.82, 2.24) is 9.88 Å². The summed E-state index contributed by atoms with van der Waals surface area (Å²) in [6.45, 7) is 2.46. The first-order valence-corrected chi connectivity index (χ1v) is 10.4. The van der Waals surface area contributed by atoms with Gasteiger partial charge in [-0.25, -0.2) is 9.37 Å². The van der Waals surface area contributed by atoms with E-state index in [2.05, 4.69) is 15.2 Å². The lowest BCUT2D eigenvalue weighted by atomic mass is 9.92. The number of amides is 1. The summed E-state index contributed by atoms with van der Waals surface area (Å²) >= 11 is 6.04. The Balaban J connectivity index is 1.61. The van der Waals surface area contributed by atoms with E-state index in [0.717, 1.165) is 19.1 Å². The van der Waals surface area contributed by atoms with E-state index >= 15 is 0 Å². The average molecular weight is 442 g/mol. The lowest BCUT2D eigenvalue weighted by Crippen LogP contribution is -2.45. The van der Waals surface area contributed by atoms with Crippen molar-refractivity contribution >= 4 is 40.5 Å². The summed E-state index contributed by atoms with van der Waals surface area (Å²) in [5, 5.41) is 15.5. The topological polar surface area (TPSA) is 94.9 Å². The molecular weight excluding hydrogens is 421 g/mol. The molecule has 31 heavy (non-hydrogen) atoms. The number of aromatic nitrogens is 1. The molecule has 0 aliphatic carbocycles. The Morgan fingerprint density at radius 1 is 1.35 bits per heavy atom. The zero-order valence-corrected chi connectivity index (χ0v) is 17.6. The van der Waals surface area contributed by atoms with E-state index in [1.54, 1.807) is 23.1 Å². The van der Waals surface area contributed by atoms with Crippen LogP contribution in [-0.2, 0) is 0 Å². The molecule has 0 radical (unpaired) electrons. The first kappa shape index (κ1) is 21.1. The lowest BCUT2D eigenvalue weighted by molar-refractivity contribution is 0.0598. The van der Waals surface area contributed by atoms with Crippen LogP contribution in [0.1, 0.15) is 41.9 Å². The minimum absolute atomic E-state index is 0.0304. The van der Waals surface area contributed by atoms with Gasteiger partial charge in [0, 0.05) is 23.8 Å².